The number of fused-ring (bicyclic) bond motifs is 1. The number of para-hydroxylation sites is 1. The molecule has 2 heterocycles. The molecule has 2 fully saturated rings. The highest BCUT2D eigenvalue weighted by atomic mass is 16.2. The Kier molecular flexibility index (Phi) is 8.65. The Morgan fingerprint density at radius 1 is 0.789 bits per heavy atom. The van der Waals surface area contributed by atoms with E-state index in [1.807, 2.05) is 0 Å². The third-order valence-corrected chi connectivity index (χ3v) is 8.57. The molecule has 0 atom stereocenters. The monoisotopic (exact) mass is 512 g/mol. The van der Waals surface area contributed by atoms with Gasteiger partial charge in [-0.05, 0) is 74.8 Å². The molecule has 5 heteroatoms. The maximum atomic E-state index is 14.0. The van der Waals surface area contributed by atoms with Crippen molar-refractivity contribution in [2.75, 3.05) is 51.8 Å². The molecule has 38 heavy (non-hydrogen) atoms. The minimum absolute atomic E-state index is 0.346. The van der Waals surface area contributed by atoms with E-state index in [4.69, 9.17) is 0 Å². The maximum absolute atomic E-state index is 14.0. The normalized spacial score (nSPS) is 17.8. The number of amides is 1. The summed E-state index contributed by atoms with van der Waals surface area (Å²) in [5.74, 6) is 0.346. The number of hydrogen-bond acceptors (Lipinski definition) is 4. The predicted octanol–water partition coefficient (Wildman–Crippen LogP) is 5.99. The van der Waals surface area contributed by atoms with Crippen LogP contribution >= 0.6 is 0 Å². The number of carbonyl (C=O) groups is 1. The summed E-state index contributed by atoms with van der Waals surface area (Å²) in [7, 11) is 4.28. The number of nitrogens with zero attached hydrogens (tertiary/aromatic N) is 4. The van der Waals surface area contributed by atoms with Gasteiger partial charge in [0.25, 0.3) is 0 Å². The van der Waals surface area contributed by atoms with E-state index in [1.165, 1.54) is 47.7 Å². The van der Waals surface area contributed by atoms with E-state index in [-0.39, 0.29) is 0 Å². The topological polar surface area (TPSA) is 30.0 Å². The third kappa shape index (κ3) is 5.89. The van der Waals surface area contributed by atoms with Crippen LogP contribution in [0.25, 0.3) is 10.8 Å². The van der Waals surface area contributed by atoms with Crippen LogP contribution < -0.4 is 4.90 Å². The van der Waals surface area contributed by atoms with Crippen LogP contribution in [0.2, 0.25) is 0 Å². The molecule has 1 amide bonds. The van der Waals surface area contributed by atoms with Crippen molar-refractivity contribution in [3.63, 3.8) is 0 Å². The SMILES string of the molecule is CN(C)CCCCCCCN1CN(c2ccccc2)C2(CCN(Cc3cccc4ccccc34)CC2)C1=O. The largest absolute Gasteiger partial charge is 0.339 e. The molecule has 3 aromatic carbocycles. The first-order valence-electron chi connectivity index (χ1n) is 14.5. The Bertz CT molecular complexity index is 1180. The zero-order valence-corrected chi connectivity index (χ0v) is 23.3. The minimum atomic E-state index is -0.414. The molecular weight excluding hydrogens is 468 g/mol. The molecule has 0 aromatic heterocycles. The Balaban J connectivity index is 1.23. The van der Waals surface area contributed by atoms with Crippen LogP contribution in [-0.4, -0.2) is 73.1 Å². The van der Waals surface area contributed by atoms with E-state index >= 15 is 0 Å². The second-order valence-corrected chi connectivity index (χ2v) is 11.5. The van der Waals surface area contributed by atoms with Gasteiger partial charge in [-0.1, -0.05) is 79.9 Å². The van der Waals surface area contributed by atoms with Gasteiger partial charge in [0, 0.05) is 31.9 Å². The Labute approximate surface area is 229 Å². The molecule has 2 saturated heterocycles. The molecule has 0 radical (unpaired) electrons. The average Bonchev–Trinajstić information content (AvgIpc) is 3.20. The molecule has 202 valence electrons. The lowest BCUT2D eigenvalue weighted by Crippen LogP contribution is -2.56. The van der Waals surface area contributed by atoms with Crippen molar-refractivity contribution in [1.29, 1.82) is 0 Å². The molecule has 5 rings (SSSR count). The van der Waals surface area contributed by atoms with E-state index in [0.29, 0.717) is 12.6 Å². The predicted molar refractivity (Wildman–Crippen MR) is 158 cm³/mol. The van der Waals surface area contributed by atoms with Gasteiger partial charge in [0.05, 0.1) is 6.67 Å². The Hall–Kier alpha value is -2.89. The van der Waals surface area contributed by atoms with Gasteiger partial charge in [-0.15, -0.1) is 0 Å². The number of unbranched alkanes of at least 4 members (excludes halogenated alkanes) is 4. The number of anilines is 1. The summed E-state index contributed by atoms with van der Waals surface area (Å²) in [4.78, 5) is 23.4. The molecule has 0 aliphatic carbocycles. The molecule has 1 spiro atoms. The zero-order valence-electron chi connectivity index (χ0n) is 23.3. The summed E-state index contributed by atoms with van der Waals surface area (Å²) in [5, 5.41) is 2.64. The first kappa shape index (κ1) is 26.7. The molecule has 3 aromatic rings. The van der Waals surface area contributed by atoms with E-state index < -0.39 is 5.54 Å². The standard InChI is InChI=1S/C33H44N4O/c1-34(2)22-11-4-3-5-12-23-36-27-37(30-17-7-6-8-18-30)33(32(36)38)20-24-35(25-21-33)26-29-16-13-15-28-14-9-10-19-31(28)29/h6-10,13-19H,3-5,11-12,20-27H2,1-2H3. The van der Waals surface area contributed by atoms with Crippen LogP contribution in [0.4, 0.5) is 5.69 Å². The number of benzene rings is 3. The van der Waals surface area contributed by atoms with E-state index in [1.54, 1.807) is 0 Å². The average molecular weight is 513 g/mol. The Morgan fingerprint density at radius 2 is 1.47 bits per heavy atom. The third-order valence-electron chi connectivity index (χ3n) is 8.57. The molecule has 0 bridgehead atoms. The second kappa shape index (κ2) is 12.3. The van der Waals surface area contributed by atoms with Crippen molar-refractivity contribution in [2.24, 2.45) is 0 Å². The van der Waals surface area contributed by atoms with Crippen molar-refractivity contribution in [3.05, 3.63) is 78.4 Å². The van der Waals surface area contributed by atoms with Gasteiger partial charge in [0.15, 0.2) is 0 Å². The highest BCUT2D eigenvalue weighted by Crippen LogP contribution is 2.40. The summed E-state index contributed by atoms with van der Waals surface area (Å²) in [6.45, 7) is 5.57. The van der Waals surface area contributed by atoms with Gasteiger partial charge >= 0.3 is 0 Å². The lowest BCUT2D eigenvalue weighted by Gasteiger charge is -2.43. The molecule has 5 nitrogen and oxygen atoms in total. The fourth-order valence-corrected chi connectivity index (χ4v) is 6.39. The van der Waals surface area contributed by atoms with Crippen molar-refractivity contribution in [1.82, 2.24) is 14.7 Å². The van der Waals surface area contributed by atoms with Gasteiger partial charge in [-0.3, -0.25) is 9.69 Å². The van der Waals surface area contributed by atoms with Crippen molar-refractivity contribution in [2.45, 2.75) is 57.0 Å². The molecule has 0 saturated carbocycles. The van der Waals surface area contributed by atoms with Crippen molar-refractivity contribution < 1.29 is 4.79 Å². The number of likely N-dealkylation sites (tertiary alicyclic amines) is 1. The zero-order chi connectivity index (χ0) is 26.4. The summed E-state index contributed by atoms with van der Waals surface area (Å²) >= 11 is 0. The smallest absolute Gasteiger partial charge is 0.250 e. The fourth-order valence-electron chi connectivity index (χ4n) is 6.39. The van der Waals surface area contributed by atoms with Crippen LogP contribution in [0.5, 0.6) is 0 Å². The molecule has 0 unspecified atom stereocenters. The highest BCUT2D eigenvalue weighted by molar-refractivity contribution is 5.93. The second-order valence-electron chi connectivity index (χ2n) is 11.5. The molecule has 2 aliphatic heterocycles. The van der Waals surface area contributed by atoms with Crippen LogP contribution in [0, 0.1) is 0 Å². The Morgan fingerprint density at radius 3 is 2.26 bits per heavy atom. The number of hydrogen-bond donors (Lipinski definition) is 0. The van der Waals surface area contributed by atoms with Gasteiger partial charge in [0.1, 0.15) is 5.54 Å². The quantitative estimate of drug-likeness (QED) is 0.295. The number of piperidine rings is 1. The van der Waals surface area contributed by atoms with E-state index in [2.05, 4.69) is 106 Å². The summed E-state index contributed by atoms with van der Waals surface area (Å²) in [6.07, 6.45) is 7.86. The maximum Gasteiger partial charge on any atom is 0.250 e. The lowest BCUT2D eigenvalue weighted by molar-refractivity contribution is -0.133. The molecule has 2 aliphatic rings. The van der Waals surface area contributed by atoms with Crippen LogP contribution in [0.3, 0.4) is 0 Å². The van der Waals surface area contributed by atoms with Crippen LogP contribution in [0.1, 0.15) is 50.5 Å². The van der Waals surface area contributed by atoms with Gasteiger partial charge in [-0.25, -0.2) is 0 Å². The summed E-state index contributed by atoms with van der Waals surface area (Å²) < 4.78 is 0. The van der Waals surface area contributed by atoms with E-state index in [9.17, 15) is 4.79 Å². The van der Waals surface area contributed by atoms with Crippen molar-refractivity contribution in [3.8, 4) is 0 Å². The minimum Gasteiger partial charge on any atom is -0.339 e. The first-order valence-corrected chi connectivity index (χ1v) is 14.5. The van der Waals surface area contributed by atoms with Gasteiger partial charge in [0.2, 0.25) is 5.91 Å². The summed E-state index contributed by atoms with van der Waals surface area (Å²) in [6, 6.07) is 25.9. The van der Waals surface area contributed by atoms with Crippen LogP contribution in [-0.2, 0) is 11.3 Å². The lowest BCUT2D eigenvalue weighted by atomic mass is 9.85. The van der Waals surface area contributed by atoms with Gasteiger partial charge in [-0.2, -0.15) is 0 Å². The van der Waals surface area contributed by atoms with Gasteiger partial charge < -0.3 is 14.7 Å². The summed E-state index contributed by atoms with van der Waals surface area (Å²) in [5.41, 5.74) is 2.14. The van der Waals surface area contributed by atoms with Crippen molar-refractivity contribution >= 4 is 22.4 Å². The molecular formula is C33H44N4O. The van der Waals surface area contributed by atoms with E-state index in [0.717, 1.165) is 52.0 Å². The molecule has 0 N–H and O–H groups in total. The highest BCUT2D eigenvalue weighted by Gasteiger charge is 2.53. The number of carbonyl (C=O) groups excluding carboxylic acids is 1. The van der Waals surface area contributed by atoms with Crippen LogP contribution in [0.15, 0.2) is 72.8 Å². The first-order chi connectivity index (χ1) is 18.6. The number of rotatable bonds is 11. The fraction of sp³-hybridized carbons (Fsp3) is 0.485.